The monoisotopic (exact) mass is 296 g/mol. The molecule has 2 aromatic rings. The molecule has 4 heteroatoms. The van der Waals surface area contributed by atoms with Crippen LogP contribution in [0.2, 0.25) is 0 Å². The number of hydrogen-bond donors (Lipinski definition) is 0. The molecule has 1 aliphatic heterocycles. The van der Waals surface area contributed by atoms with E-state index in [4.69, 9.17) is 15.9 Å². The third kappa shape index (κ3) is 2.85. The molecule has 0 amide bonds. The average Bonchev–Trinajstić information content (AvgIpc) is 3.34. The van der Waals surface area contributed by atoms with Gasteiger partial charge in [-0.15, -0.1) is 6.42 Å². The number of halogens is 1. The predicted molar refractivity (Wildman–Crippen MR) is 79.1 cm³/mol. The molecule has 2 aromatic carbocycles. The molecule has 1 aliphatic rings. The number of carbonyl (C=O) groups is 1. The molecule has 1 fully saturated rings. The van der Waals surface area contributed by atoms with E-state index in [0.717, 1.165) is 5.56 Å². The van der Waals surface area contributed by atoms with Gasteiger partial charge in [-0.25, -0.2) is 4.39 Å². The Morgan fingerprint density at radius 1 is 1.23 bits per heavy atom. The first-order valence-corrected chi connectivity index (χ1v) is 6.81. The van der Waals surface area contributed by atoms with Crippen LogP contribution in [0.5, 0.6) is 5.75 Å². The lowest BCUT2D eigenvalue weighted by atomic mass is 10.0. The molecule has 2 unspecified atom stereocenters. The fourth-order valence-electron chi connectivity index (χ4n) is 2.29. The zero-order valence-electron chi connectivity index (χ0n) is 11.7. The van der Waals surface area contributed by atoms with Gasteiger partial charge >= 0.3 is 0 Å². The summed E-state index contributed by atoms with van der Waals surface area (Å²) >= 11 is 0. The fourth-order valence-corrected chi connectivity index (χ4v) is 2.29. The van der Waals surface area contributed by atoms with E-state index in [9.17, 15) is 9.18 Å². The summed E-state index contributed by atoms with van der Waals surface area (Å²) in [5.41, 5.74) is 1.22. The second-order valence-corrected chi connectivity index (χ2v) is 4.88. The number of carbonyl (C=O) groups excluding carboxylic acids is 1. The highest BCUT2D eigenvalue weighted by molar-refractivity contribution is 6.03. The lowest BCUT2D eigenvalue weighted by molar-refractivity contribution is 0.0950. The second-order valence-electron chi connectivity index (χ2n) is 4.88. The summed E-state index contributed by atoms with van der Waals surface area (Å²) in [7, 11) is 0. The molecule has 110 valence electrons. The predicted octanol–water partition coefficient (Wildman–Crippen LogP) is 3.16. The van der Waals surface area contributed by atoms with E-state index >= 15 is 0 Å². The van der Waals surface area contributed by atoms with Crippen LogP contribution in [-0.2, 0) is 4.74 Å². The zero-order valence-corrected chi connectivity index (χ0v) is 11.7. The summed E-state index contributed by atoms with van der Waals surface area (Å²) in [5, 5.41) is 0. The van der Waals surface area contributed by atoms with E-state index in [1.54, 1.807) is 36.4 Å². The molecule has 0 radical (unpaired) electrons. The minimum Gasteiger partial charge on any atom is -0.480 e. The maximum Gasteiger partial charge on any atom is 0.198 e. The highest BCUT2D eigenvalue weighted by Crippen LogP contribution is 2.41. The summed E-state index contributed by atoms with van der Waals surface area (Å²) in [6.07, 6.45) is 4.26. The van der Waals surface area contributed by atoms with Gasteiger partial charge in [-0.1, -0.05) is 30.2 Å². The van der Waals surface area contributed by atoms with Gasteiger partial charge in [0.1, 0.15) is 24.3 Å². The van der Waals surface area contributed by atoms with Crippen molar-refractivity contribution in [1.29, 1.82) is 0 Å². The van der Waals surface area contributed by atoms with Crippen LogP contribution in [-0.4, -0.2) is 18.5 Å². The highest BCUT2D eigenvalue weighted by atomic mass is 19.1. The molecule has 3 rings (SSSR count). The first-order valence-electron chi connectivity index (χ1n) is 6.81. The Bertz CT molecular complexity index is 731. The number of Topliss-reactive ketones (excluding diaryl/α,β-unsaturated/α-hetero) is 1. The van der Waals surface area contributed by atoms with Gasteiger partial charge in [0.05, 0.1) is 5.56 Å². The molecule has 0 saturated carbocycles. The number of ketones is 1. The summed E-state index contributed by atoms with van der Waals surface area (Å²) in [6.45, 7) is 0.0945. The molecule has 1 heterocycles. The normalized spacial score (nSPS) is 19.3. The molecule has 0 aliphatic carbocycles. The van der Waals surface area contributed by atoms with Crippen LogP contribution >= 0.6 is 0 Å². The van der Waals surface area contributed by atoms with Crippen molar-refractivity contribution in [2.24, 2.45) is 0 Å². The van der Waals surface area contributed by atoms with E-state index < -0.39 is 6.10 Å². The van der Waals surface area contributed by atoms with Crippen molar-refractivity contribution < 1.29 is 18.7 Å². The Hall–Kier alpha value is -2.64. The summed E-state index contributed by atoms with van der Waals surface area (Å²) in [6, 6.07) is 12.8. The number of terminal acetylenes is 1. The highest BCUT2D eigenvalue weighted by Gasteiger charge is 2.46. The van der Waals surface area contributed by atoms with E-state index in [0.29, 0.717) is 11.3 Å². The zero-order chi connectivity index (χ0) is 15.5. The third-order valence-corrected chi connectivity index (χ3v) is 3.41. The lowest BCUT2D eigenvalue weighted by Gasteiger charge is -2.07. The molecule has 22 heavy (non-hydrogen) atoms. The molecule has 0 spiro atoms. The van der Waals surface area contributed by atoms with Gasteiger partial charge in [0, 0.05) is 0 Å². The largest absolute Gasteiger partial charge is 0.480 e. The Kier molecular flexibility index (Phi) is 3.90. The Labute approximate surface area is 127 Å². The standard InChI is InChI=1S/C18H13FO3/c1-2-11-21-15-6-4-3-5-14(15)16(20)18-17(22-18)12-7-9-13(19)10-8-12/h1,3-10,17-18H,11H2. The van der Waals surface area contributed by atoms with Crippen molar-refractivity contribution in [3.05, 3.63) is 65.5 Å². The molecule has 1 saturated heterocycles. The molecule has 2 atom stereocenters. The topological polar surface area (TPSA) is 38.8 Å². The van der Waals surface area contributed by atoms with Gasteiger partial charge < -0.3 is 9.47 Å². The molecular formula is C18H13FO3. The van der Waals surface area contributed by atoms with Crippen molar-refractivity contribution in [3.8, 4) is 18.1 Å². The number of hydrogen-bond acceptors (Lipinski definition) is 3. The molecule has 3 nitrogen and oxygen atoms in total. The fraction of sp³-hybridized carbons (Fsp3) is 0.167. The van der Waals surface area contributed by atoms with E-state index in [1.165, 1.54) is 12.1 Å². The van der Waals surface area contributed by atoms with Crippen LogP contribution in [0.15, 0.2) is 48.5 Å². The first-order chi connectivity index (χ1) is 10.7. The quantitative estimate of drug-likeness (QED) is 0.483. The van der Waals surface area contributed by atoms with Crippen LogP contribution in [0.3, 0.4) is 0 Å². The first kappa shape index (κ1) is 14.3. The van der Waals surface area contributed by atoms with Gasteiger partial charge in [0.25, 0.3) is 0 Å². The van der Waals surface area contributed by atoms with E-state index in [2.05, 4.69) is 5.92 Å². The third-order valence-electron chi connectivity index (χ3n) is 3.41. The van der Waals surface area contributed by atoms with E-state index in [-0.39, 0.29) is 24.3 Å². The van der Waals surface area contributed by atoms with Gasteiger partial charge in [-0.05, 0) is 29.8 Å². The maximum absolute atomic E-state index is 12.9. The van der Waals surface area contributed by atoms with Crippen LogP contribution in [0.4, 0.5) is 4.39 Å². The van der Waals surface area contributed by atoms with Crippen LogP contribution < -0.4 is 4.74 Å². The smallest absolute Gasteiger partial charge is 0.198 e. The summed E-state index contributed by atoms with van der Waals surface area (Å²) < 4.78 is 23.8. The van der Waals surface area contributed by atoms with Crippen LogP contribution in [0, 0.1) is 18.2 Å². The van der Waals surface area contributed by atoms with E-state index in [1.807, 2.05) is 0 Å². The summed E-state index contributed by atoms with van der Waals surface area (Å²) in [4.78, 5) is 12.5. The van der Waals surface area contributed by atoms with Crippen molar-refractivity contribution >= 4 is 5.78 Å². The molecular weight excluding hydrogens is 283 g/mol. The number of rotatable bonds is 5. The maximum atomic E-state index is 12.9. The molecule has 0 N–H and O–H groups in total. The van der Waals surface area contributed by atoms with Crippen molar-refractivity contribution in [2.75, 3.05) is 6.61 Å². The SMILES string of the molecule is C#CCOc1ccccc1C(=O)C1OC1c1ccc(F)cc1. The Morgan fingerprint density at radius 3 is 2.68 bits per heavy atom. The van der Waals surface area contributed by atoms with Crippen LogP contribution in [0.25, 0.3) is 0 Å². The number of epoxide rings is 1. The van der Waals surface area contributed by atoms with Crippen molar-refractivity contribution in [3.63, 3.8) is 0 Å². The average molecular weight is 296 g/mol. The number of benzene rings is 2. The number of ether oxygens (including phenoxy) is 2. The van der Waals surface area contributed by atoms with Crippen molar-refractivity contribution in [1.82, 2.24) is 0 Å². The minimum atomic E-state index is -0.568. The summed E-state index contributed by atoms with van der Waals surface area (Å²) in [5.74, 6) is 2.33. The molecule has 0 aromatic heterocycles. The van der Waals surface area contributed by atoms with Gasteiger partial charge in [-0.2, -0.15) is 0 Å². The molecule has 0 bridgehead atoms. The minimum absolute atomic E-state index is 0.0945. The van der Waals surface area contributed by atoms with Gasteiger partial charge in [0.2, 0.25) is 0 Å². The Balaban J connectivity index is 1.76. The Morgan fingerprint density at radius 2 is 1.95 bits per heavy atom. The second kappa shape index (κ2) is 6.00. The van der Waals surface area contributed by atoms with Gasteiger partial charge in [0.15, 0.2) is 11.9 Å². The number of para-hydroxylation sites is 1. The van der Waals surface area contributed by atoms with Crippen molar-refractivity contribution in [2.45, 2.75) is 12.2 Å². The van der Waals surface area contributed by atoms with Gasteiger partial charge in [-0.3, -0.25) is 4.79 Å². The lowest BCUT2D eigenvalue weighted by Crippen LogP contribution is -2.10. The van der Waals surface area contributed by atoms with Crippen LogP contribution in [0.1, 0.15) is 22.0 Å².